The van der Waals surface area contributed by atoms with Gasteiger partial charge >= 0.3 is 0 Å². The quantitative estimate of drug-likeness (QED) is 0.851. The average Bonchev–Trinajstić information content (AvgIpc) is 3.40. The molecule has 0 unspecified atom stereocenters. The number of thiophene rings is 1. The van der Waals surface area contributed by atoms with E-state index in [9.17, 15) is 4.79 Å². The SMILES string of the molecule is C[C@@H](C(=O)Nc1ccc(N2CCOCC2)cc1)N1CCC[C@@H]1c1ccsc1. The Morgan fingerprint density at radius 1 is 1.19 bits per heavy atom. The molecule has 0 bridgehead atoms. The normalized spacial score (nSPS) is 22.0. The molecule has 2 aliphatic rings. The lowest BCUT2D eigenvalue weighted by Crippen LogP contribution is -2.41. The molecular weight excluding hydrogens is 358 g/mol. The van der Waals surface area contributed by atoms with E-state index >= 15 is 0 Å². The number of nitrogens with one attached hydrogen (secondary N) is 1. The Morgan fingerprint density at radius 2 is 1.96 bits per heavy atom. The number of amides is 1. The summed E-state index contributed by atoms with van der Waals surface area (Å²) < 4.78 is 5.41. The lowest BCUT2D eigenvalue weighted by Gasteiger charge is -2.30. The first-order valence-corrected chi connectivity index (χ1v) is 10.7. The first-order chi connectivity index (χ1) is 13.2. The van der Waals surface area contributed by atoms with Crippen LogP contribution in [0.3, 0.4) is 0 Å². The summed E-state index contributed by atoms with van der Waals surface area (Å²) in [7, 11) is 0. The zero-order valence-corrected chi connectivity index (χ0v) is 16.6. The van der Waals surface area contributed by atoms with Gasteiger partial charge in [-0.15, -0.1) is 0 Å². The number of likely N-dealkylation sites (tertiary alicyclic amines) is 1. The minimum atomic E-state index is -0.142. The number of benzene rings is 1. The molecule has 27 heavy (non-hydrogen) atoms. The zero-order chi connectivity index (χ0) is 18.6. The van der Waals surface area contributed by atoms with Crippen LogP contribution >= 0.6 is 11.3 Å². The Morgan fingerprint density at radius 3 is 2.67 bits per heavy atom. The summed E-state index contributed by atoms with van der Waals surface area (Å²) in [5.41, 5.74) is 3.38. The maximum atomic E-state index is 12.8. The summed E-state index contributed by atoms with van der Waals surface area (Å²) in [6.45, 7) is 6.38. The van der Waals surface area contributed by atoms with Crippen molar-refractivity contribution in [1.29, 1.82) is 0 Å². The molecule has 2 saturated heterocycles. The average molecular weight is 386 g/mol. The van der Waals surface area contributed by atoms with Gasteiger partial charge in [-0.05, 0) is 73.0 Å². The summed E-state index contributed by atoms with van der Waals surface area (Å²) >= 11 is 1.73. The Hall–Kier alpha value is -1.89. The molecule has 5 nitrogen and oxygen atoms in total. The molecule has 0 spiro atoms. The maximum absolute atomic E-state index is 12.8. The third kappa shape index (κ3) is 4.18. The number of hydrogen-bond acceptors (Lipinski definition) is 5. The monoisotopic (exact) mass is 385 g/mol. The van der Waals surface area contributed by atoms with Crippen molar-refractivity contribution in [2.24, 2.45) is 0 Å². The van der Waals surface area contributed by atoms with Crippen LogP contribution in [-0.2, 0) is 9.53 Å². The Labute approximate surface area is 164 Å². The molecule has 144 valence electrons. The lowest BCUT2D eigenvalue weighted by molar-refractivity contribution is -0.121. The number of anilines is 2. The topological polar surface area (TPSA) is 44.8 Å². The van der Waals surface area contributed by atoms with Crippen molar-refractivity contribution >= 4 is 28.6 Å². The molecule has 3 heterocycles. The molecule has 2 fully saturated rings. The highest BCUT2D eigenvalue weighted by atomic mass is 32.1. The number of carbonyl (C=O) groups excluding carboxylic acids is 1. The second-order valence-corrected chi connectivity index (χ2v) is 8.04. The van der Waals surface area contributed by atoms with Crippen molar-refractivity contribution in [1.82, 2.24) is 4.90 Å². The molecule has 2 aliphatic heterocycles. The van der Waals surface area contributed by atoms with E-state index in [0.717, 1.165) is 51.4 Å². The Balaban J connectivity index is 1.38. The molecule has 1 N–H and O–H groups in total. The summed E-state index contributed by atoms with van der Waals surface area (Å²) in [5.74, 6) is 0.0660. The Bertz CT molecular complexity index is 741. The second kappa shape index (κ2) is 8.42. The van der Waals surface area contributed by atoms with E-state index in [2.05, 4.69) is 44.1 Å². The van der Waals surface area contributed by atoms with Gasteiger partial charge in [0.15, 0.2) is 0 Å². The number of nitrogens with zero attached hydrogens (tertiary/aromatic N) is 2. The molecule has 1 aromatic carbocycles. The standard InChI is InChI=1S/C21H27N3O2S/c1-16(24-9-2-3-20(24)17-8-14-27-15-17)21(25)22-18-4-6-19(7-5-18)23-10-12-26-13-11-23/h4-8,14-16,20H,2-3,9-13H2,1H3,(H,22,25)/t16-,20+/m0/s1. The number of ether oxygens (including phenoxy) is 1. The van der Waals surface area contributed by atoms with E-state index in [1.165, 1.54) is 11.3 Å². The number of hydrogen-bond donors (Lipinski definition) is 1. The van der Waals surface area contributed by atoms with Crippen LogP contribution in [0.2, 0.25) is 0 Å². The molecule has 1 amide bonds. The van der Waals surface area contributed by atoms with Crippen LogP contribution in [0.5, 0.6) is 0 Å². The van der Waals surface area contributed by atoms with Gasteiger partial charge in [-0.3, -0.25) is 9.69 Å². The lowest BCUT2D eigenvalue weighted by atomic mass is 10.1. The number of morpholine rings is 1. The van der Waals surface area contributed by atoms with Gasteiger partial charge in [0.05, 0.1) is 19.3 Å². The second-order valence-electron chi connectivity index (χ2n) is 7.26. The first kappa shape index (κ1) is 18.5. The number of carbonyl (C=O) groups is 1. The molecule has 2 atom stereocenters. The summed E-state index contributed by atoms with van der Waals surface area (Å²) in [6.07, 6.45) is 2.27. The van der Waals surface area contributed by atoms with Crippen molar-refractivity contribution in [3.63, 3.8) is 0 Å². The molecule has 0 aliphatic carbocycles. The maximum Gasteiger partial charge on any atom is 0.241 e. The summed E-state index contributed by atoms with van der Waals surface area (Å²) in [4.78, 5) is 17.5. The minimum Gasteiger partial charge on any atom is -0.378 e. The predicted molar refractivity (Wildman–Crippen MR) is 111 cm³/mol. The molecular formula is C21H27N3O2S. The zero-order valence-electron chi connectivity index (χ0n) is 15.8. The van der Waals surface area contributed by atoms with Gasteiger partial charge in [0.2, 0.25) is 5.91 Å². The smallest absolute Gasteiger partial charge is 0.241 e. The molecule has 0 radical (unpaired) electrons. The van der Waals surface area contributed by atoms with Gasteiger partial charge in [-0.25, -0.2) is 0 Å². The van der Waals surface area contributed by atoms with Crippen LogP contribution in [0.15, 0.2) is 41.1 Å². The van der Waals surface area contributed by atoms with E-state index in [0.29, 0.717) is 6.04 Å². The van der Waals surface area contributed by atoms with Crippen molar-refractivity contribution in [3.05, 3.63) is 46.7 Å². The highest BCUT2D eigenvalue weighted by molar-refractivity contribution is 7.07. The van der Waals surface area contributed by atoms with E-state index in [-0.39, 0.29) is 11.9 Å². The molecule has 6 heteroatoms. The van der Waals surface area contributed by atoms with Crippen molar-refractivity contribution < 1.29 is 9.53 Å². The minimum absolute atomic E-state index is 0.0660. The van der Waals surface area contributed by atoms with Crippen molar-refractivity contribution in [3.8, 4) is 0 Å². The van der Waals surface area contributed by atoms with Crippen LogP contribution in [-0.4, -0.2) is 49.7 Å². The van der Waals surface area contributed by atoms with E-state index in [4.69, 9.17) is 4.74 Å². The molecule has 2 aromatic rings. The third-order valence-corrected chi connectivity index (χ3v) is 6.31. The van der Waals surface area contributed by atoms with E-state index in [1.807, 2.05) is 19.1 Å². The van der Waals surface area contributed by atoms with Crippen LogP contribution in [0.1, 0.15) is 31.4 Å². The fraction of sp³-hybridized carbons (Fsp3) is 0.476. The summed E-state index contributed by atoms with van der Waals surface area (Å²) in [5, 5.41) is 7.42. The number of rotatable bonds is 5. The van der Waals surface area contributed by atoms with Crippen LogP contribution in [0.25, 0.3) is 0 Å². The van der Waals surface area contributed by atoms with Gasteiger partial charge in [-0.2, -0.15) is 11.3 Å². The highest BCUT2D eigenvalue weighted by Crippen LogP contribution is 2.34. The highest BCUT2D eigenvalue weighted by Gasteiger charge is 2.33. The molecule has 0 saturated carbocycles. The summed E-state index contributed by atoms with van der Waals surface area (Å²) in [6, 6.07) is 10.6. The molecule has 1 aromatic heterocycles. The van der Waals surface area contributed by atoms with Gasteiger partial charge in [-0.1, -0.05) is 0 Å². The van der Waals surface area contributed by atoms with E-state index in [1.54, 1.807) is 11.3 Å². The first-order valence-electron chi connectivity index (χ1n) is 9.74. The van der Waals surface area contributed by atoms with Gasteiger partial charge in [0, 0.05) is 30.5 Å². The van der Waals surface area contributed by atoms with Crippen LogP contribution < -0.4 is 10.2 Å². The Kier molecular flexibility index (Phi) is 5.76. The van der Waals surface area contributed by atoms with Crippen molar-refractivity contribution in [2.45, 2.75) is 31.8 Å². The van der Waals surface area contributed by atoms with Crippen LogP contribution in [0, 0.1) is 0 Å². The largest absolute Gasteiger partial charge is 0.378 e. The third-order valence-electron chi connectivity index (χ3n) is 5.61. The van der Waals surface area contributed by atoms with Gasteiger partial charge in [0.25, 0.3) is 0 Å². The van der Waals surface area contributed by atoms with Gasteiger partial charge < -0.3 is 15.0 Å². The predicted octanol–water partition coefficient (Wildman–Crippen LogP) is 3.75. The van der Waals surface area contributed by atoms with Gasteiger partial charge in [0.1, 0.15) is 0 Å². The molecule has 4 rings (SSSR count). The fourth-order valence-electron chi connectivity index (χ4n) is 4.05. The van der Waals surface area contributed by atoms with Crippen molar-refractivity contribution in [2.75, 3.05) is 43.1 Å². The van der Waals surface area contributed by atoms with Crippen LogP contribution in [0.4, 0.5) is 11.4 Å². The fourth-order valence-corrected chi connectivity index (χ4v) is 4.76. The van der Waals surface area contributed by atoms with E-state index < -0.39 is 0 Å².